The van der Waals surface area contributed by atoms with E-state index in [1.807, 2.05) is 9.49 Å². The summed E-state index contributed by atoms with van der Waals surface area (Å²) >= 11 is 3.23. The van der Waals surface area contributed by atoms with Gasteiger partial charge in [0.1, 0.15) is 5.82 Å². The van der Waals surface area contributed by atoms with Crippen molar-refractivity contribution in [3.8, 4) is 0 Å². The van der Waals surface area contributed by atoms with Crippen molar-refractivity contribution in [1.82, 2.24) is 19.6 Å². The van der Waals surface area contributed by atoms with Crippen LogP contribution in [0.15, 0.2) is 4.73 Å². The minimum absolute atomic E-state index is 0.413. The van der Waals surface area contributed by atoms with Crippen LogP contribution in [0.5, 0.6) is 0 Å². The van der Waals surface area contributed by atoms with Gasteiger partial charge in [-0.2, -0.15) is 0 Å². The molecule has 0 saturated carbocycles. The lowest BCUT2D eigenvalue weighted by Crippen LogP contribution is -2.42. The van der Waals surface area contributed by atoms with Gasteiger partial charge in [-0.15, -0.1) is 5.10 Å². The largest absolute Gasteiger partial charge is 0.437 e. The second-order valence-corrected chi connectivity index (χ2v) is 3.83. The summed E-state index contributed by atoms with van der Waals surface area (Å²) in [7, 11) is -0.413. The molecule has 2 heterocycles. The van der Waals surface area contributed by atoms with Gasteiger partial charge in [-0.05, 0) is 22.8 Å². The molecule has 1 aromatic rings. The molecule has 1 aliphatic heterocycles. The molecule has 0 spiro atoms. The zero-order valence-electron chi connectivity index (χ0n) is 7.31. The Morgan fingerprint density at radius 3 is 3.00 bits per heavy atom. The van der Waals surface area contributed by atoms with Crippen molar-refractivity contribution in [3.63, 3.8) is 0 Å². The van der Waals surface area contributed by atoms with Gasteiger partial charge >= 0.3 is 7.05 Å². The Hall–Kier alpha value is -0.395. The van der Waals surface area contributed by atoms with Gasteiger partial charge in [0.2, 0.25) is 4.73 Å². The van der Waals surface area contributed by atoms with Gasteiger partial charge < -0.3 is 9.83 Å². The van der Waals surface area contributed by atoms with Crippen LogP contribution in [0.3, 0.4) is 0 Å². The standard InChI is InChI=1S/C6H10BBrN4O/c1-7(13)11-2-3-12-5(4-11)9-6(8)10-12/h13H,2-4H2,1H3. The Labute approximate surface area is 85.0 Å². The number of fused-ring (bicyclic) bond motifs is 1. The fourth-order valence-corrected chi connectivity index (χ4v) is 1.84. The monoisotopic (exact) mass is 244 g/mol. The van der Waals surface area contributed by atoms with E-state index in [9.17, 15) is 5.02 Å². The van der Waals surface area contributed by atoms with E-state index in [1.54, 1.807) is 6.82 Å². The summed E-state index contributed by atoms with van der Waals surface area (Å²) < 4.78 is 2.48. The minimum Gasteiger partial charge on any atom is -0.437 e. The van der Waals surface area contributed by atoms with Gasteiger partial charge in [0.05, 0.1) is 13.1 Å². The fourth-order valence-electron chi connectivity index (χ4n) is 1.44. The zero-order chi connectivity index (χ0) is 9.42. The summed E-state index contributed by atoms with van der Waals surface area (Å²) in [5.74, 6) is 0.902. The Morgan fingerprint density at radius 2 is 2.31 bits per heavy atom. The molecule has 5 nitrogen and oxygen atoms in total. The van der Waals surface area contributed by atoms with E-state index in [-0.39, 0.29) is 0 Å². The third kappa shape index (κ3) is 1.77. The van der Waals surface area contributed by atoms with Crippen LogP contribution in [-0.4, -0.2) is 38.2 Å². The Kier molecular flexibility index (Phi) is 2.40. The highest BCUT2D eigenvalue weighted by molar-refractivity contribution is 9.10. The molecule has 0 saturated heterocycles. The van der Waals surface area contributed by atoms with Crippen LogP contribution in [0, 0.1) is 0 Å². The number of hydrogen-bond donors (Lipinski definition) is 1. The highest BCUT2D eigenvalue weighted by atomic mass is 79.9. The summed E-state index contributed by atoms with van der Waals surface area (Å²) in [6, 6.07) is 0. The number of rotatable bonds is 1. The summed E-state index contributed by atoms with van der Waals surface area (Å²) in [5, 5.41) is 13.5. The van der Waals surface area contributed by atoms with Crippen LogP contribution in [-0.2, 0) is 13.1 Å². The van der Waals surface area contributed by atoms with Crippen molar-refractivity contribution in [2.45, 2.75) is 19.9 Å². The number of nitrogens with zero attached hydrogens (tertiary/aromatic N) is 4. The van der Waals surface area contributed by atoms with E-state index < -0.39 is 7.05 Å². The molecule has 0 bridgehead atoms. The number of halogens is 1. The Balaban J connectivity index is 2.19. The summed E-state index contributed by atoms with van der Waals surface area (Å²) in [5.41, 5.74) is 0. The molecule has 2 rings (SSSR count). The van der Waals surface area contributed by atoms with Gasteiger partial charge in [-0.1, -0.05) is 0 Å². The molecule has 1 aromatic heterocycles. The van der Waals surface area contributed by atoms with Crippen molar-refractivity contribution in [3.05, 3.63) is 10.6 Å². The second-order valence-electron chi connectivity index (χ2n) is 3.12. The smallest absolute Gasteiger partial charge is 0.376 e. The zero-order valence-corrected chi connectivity index (χ0v) is 8.90. The van der Waals surface area contributed by atoms with E-state index >= 15 is 0 Å². The Morgan fingerprint density at radius 1 is 1.54 bits per heavy atom. The molecule has 0 aliphatic carbocycles. The van der Waals surface area contributed by atoms with Crippen LogP contribution in [0.25, 0.3) is 0 Å². The first-order valence-electron chi connectivity index (χ1n) is 4.18. The molecule has 0 atom stereocenters. The molecule has 70 valence electrons. The SMILES string of the molecule is CB(O)N1CCn2nc(Br)nc2C1. The van der Waals surface area contributed by atoms with Gasteiger partial charge in [-0.25, -0.2) is 9.67 Å². The molecule has 13 heavy (non-hydrogen) atoms. The Bertz CT molecular complexity index is 316. The maximum Gasteiger partial charge on any atom is 0.376 e. The van der Waals surface area contributed by atoms with Crippen molar-refractivity contribution in [2.24, 2.45) is 0 Å². The normalized spacial score (nSPS) is 17.2. The summed E-state index contributed by atoms with van der Waals surface area (Å²) in [4.78, 5) is 6.15. The quantitative estimate of drug-likeness (QED) is 0.705. The first kappa shape index (κ1) is 9.17. The highest BCUT2D eigenvalue weighted by Crippen LogP contribution is 2.13. The molecule has 0 unspecified atom stereocenters. The fraction of sp³-hybridized carbons (Fsp3) is 0.667. The molecular weight excluding hydrogens is 235 g/mol. The molecule has 1 aliphatic rings. The minimum atomic E-state index is -0.413. The van der Waals surface area contributed by atoms with E-state index in [2.05, 4.69) is 26.0 Å². The van der Waals surface area contributed by atoms with Crippen LogP contribution >= 0.6 is 15.9 Å². The van der Waals surface area contributed by atoms with E-state index in [1.165, 1.54) is 0 Å². The third-order valence-electron chi connectivity index (χ3n) is 2.19. The van der Waals surface area contributed by atoms with E-state index in [4.69, 9.17) is 0 Å². The topological polar surface area (TPSA) is 54.2 Å². The lowest BCUT2D eigenvalue weighted by atomic mass is 9.84. The average Bonchev–Trinajstić information content (AvgIpc) is 2.42. The van der Waals surface area contributed by atoms with Crippen LogP contribution in [0.1, 0.15) is 5.82 Å². The summed E-state index contributed by atoms with van der Waals surface area (Å²) in [6.07, 6.45) is 0. The first-order chi connectivity index (χ1) is 6.16. The molecular formula is C6H10BBrN4O. The lowest BCUT2D eigenvalue weighted by molar-refractivity contribution is 0.290. The predicted octanol–water partition coefficient (Wildman–Crippen LogP) is -0.0335. The van der Waals surface area contributed by atoms with E-state index in [0.717, 1.165) is 18.9 Å². The van der Waals surface area contributed by atoms with Crippen molar-refractivity contribution < 1.29 is 5.02 Å². The lowest BCUT2D eigenvalue weighted by Gasteiger charge is -2.26. The maximum atomic E-state index is 9.37. The van der Waals surface area contributed by atoms with Crippen LogP contribution in [0.4, 0.5) is 0 Å². The molecule has 7 heteroatoms. The molecule has 0 fully saturated rings. The van der Waals surface area contributed by atoms with Gasteiger partial charge in [0.25, 0.3) is 0 Å². The van der Waals surface area contributed by atoms with Crippen LogP contribution in [0.2, 0.25) is 6.82 Å². The maximum absolute atomic E-state index is 9.37. The predicted molar refractivity (Wildman–Crippen MR) is 52.0 cm³/mol. The molecule has 0 radical (unpaired) electrons. The number of hydrogen-bond acceptors (Lipinski definition) is 4. The average molecular weight is 245 g/mol. The van der Waals surface area contributed by atoms with Crippen molar-refractivity contribution in [2.75, 3.05) is 6.54 Å². The second kappa shape index (κ2) is 3.40. The molecule has 1 N–H and O–H groups in total. The van der Waals surface area contributed by atoms with Crippen molar-refractivity contribution >= 4 is 23.0 Å². The van der Waals surface area contributed by atoms with Crippen molar-refractivity contribution in [1.29, 1.82) is 0 Å². The third-order valence-corrected chi connectivity index (χ3v) is 2.53. The summed E-state index contributed by atoms with van der Waals surface area (Å²) in [6.45, 7) is 4.04. The molecule has 0 amide bonds. The number of aromatic nitrogens is 3. The van der Waals surface area contributed by atoms with Crippen LogP contribution < -0.4 is 0 Å². The van der Waals surface area contributed by atoms with Gasteiger partial charge in [0, 0.05) is 6.54 Å². The highest BCUT2D eigenvalue weighted by Gasteiger charge is 2.23. The van der Waals surface area contributed by atoms with Gasteiger partial charge in [0.15, 0.2) is 0 Å². The first-order valence-corrected chi connectivity index (χ1v) is 4.97. The van der Waals surface area contributed by atoms with E-state index in [0.29, 0.717) is 11.3 Å². The van der Waals surface area contributed by atoms with Gasteiger partial charge in [-0.3, -0.25) is 0 Å². The molecule has 0 aromatic carbocycles.